The van der Waals surface area contributed by atoms with Gasteiger partial charge in [0.05, 0.1) is 0 Å². The first-order chi connectivity index (χ1) is 9.08. The van der Waals surface area contributed by atoms with Crippen LogP contribution in [0.1, 0.15) is 35.9 Å². The minimum atomic E-state index is -0.150. The molecule has 100 valence electrons. The van der Waals surface area contributed by atoms with E-state index in [1.165, 1.54) is 0 Å². The Labute approximate surface area is 112 Å². The van der Waals surface area contributed by atoms with Crippen LogP contribution in [0, 0.1) is 6.92 Å². The molecule has 1 N–H and O–H groups in total. The number of rotatable bonds is 4. The fourth-order valence-corrected chi connectivity index (χ4v) is 1.84. The smallest absolute Gasteiger partial charge is 0.294 e. The topological polar surface area (TPSA) is 61.9 Å². The van der Waals surface area contributed by atoms with Gasteiger partial charge >= 0.3 is 0 Å². The quantitative estimate of drug-likeness (QED) is 0.914. The first-order valence-electron chi connectivity index (χ1n) is 6.32. The second-order valence-corrected chi connectivity index (χ2v) is 4.76. The molecule has 0 aliphatic rings. The molecule has 0 aliphatic heterocycles. The maximum atomic E-state index is 12.4. The number of aromatic amines is 1. The average molecular weight is 258 g/mol. The Balaban J connectivity index is 2.19. The monoisotopic (exact) mass is 258 g/mol. The first-order valence-corrected chi connectivity index (χ1v) is 6.32. The van der Waals surface area contributed by atoms with E-state index in [-0.39, 0.29) is 17.8 Å². The molecule has 2 aromatic rings. The third-order valence-electron chi connectivity index (χ3n) is 2.87. The molecule has 5 nitrogen and oxygen atoms in total. The Bertz CT molecular complexity index is 548. The molecule has 0 bridgehead atoms. The van der Waals surface area contributed by atoms with Crippen molar-refractivity contribution in [1.29, 1.82) is 0 Å². The zero-order chi connectivity index (χ0) is 13.8. The molecule has 2 rings (SSSR count). The SMILES string of the molecule is Cc1nc(C(=O)N(Cc2ccccc2)C(C)C)n[nH]1. The summed E-state index contributed by atoms with van der Waals surface area (Å²) in [5.41, 5.74) is 1.09. The van der Waals surface area contributed by atoms with E-state index in [1.54, 1.807) is 11.8 Å². The van der Waals surface area contributed by atoms with Gasteiger partial charge in [-0.2, -0.15) is 0 Å². The third-order valence-corrected chi connectivity index (χ3v) is 2.87. The molecule has 1 amide bonds. The molecule has 19 heavy (non-hydrogen) atoms. The van der Waals surface area contributed by atoms with Crippen LogP contribution in [0.4, 0.5) is 0 Å². The van der Waals surface area contributed by atoms with Crippen LogP contribution in [-0.2, 0) is 6.54 Å². The van der Waals surface area contributed by atoms with Crippen LogP contribution in [0.5, 0.6) is 0 Å². The number of benzene rings is 1. The molecule has 0 radical (unpaired) electrons. The van der Waals surface area contributed by atoms with Gasteiger partial charge in [-0.25, -0.2) is 4.98 Å². The second kappa shape index (κ2) is 5.65. The highest BCUT2D eigenvalue weighted by atomic mass is 16.2. The lowest BCUT2D eigenvalue weighted by Gasteiger charge is -2.25. The van der Waals surface area contributed by atoms with Gasteiger partial charge in [-0.1, -0.05) is 30.3 Å². The van der Waals surface area contributed by atoms with Crippen molar-refractivity contribution in [3.05, 3.63) is 47.5 Å². The average Bonchev–Trinajstić information content (AvgIpc) is 2.83. The van der Waals surface area contributed by atoms with E-state index in [1.807, 2.05) is 44.2 Å². The zero-order valence-electron chi connectivity index (χ0n) is 11.4. The van der Waals surface area contributed by atoms with Crippen molar-refractivity contribution in [2.24, 2.45) is 0 Å². The summed E-state index contributed by atoms with van der Waals surface area (Å²) in [5.74, 6) is 0.720. The molecule has 1 heterocycles. The fourth-order valence-electron chi connectivity index (χ4n) is 1.84. The van der Waals surface area contributed by atoms with Gasteiger partial charge in [-0.05, 0) is 26.3 Å². The molecule has 0 atom stereocenters. The number of hydrogen-bond donors (Lipinski definition) is 1. The summed E-state index contributed by atoms with van der Waals surface area (Å²) in [6, 6.07) is 10.00. The Morgan fingerprint density at radius 3 is 2.53 bits per heavy atom. The number of nitrogens with zero attached hydrogens (tertiary/aromatic N) is 3. The molecule has 0 spiro atoms. The van der Waals surface area contributed by atoms with Crippen LogP contribution in [0.2, 0.25) is 0 Å². The Hall–Kier alpha value is -2.17. The Morgan fingerprint density at radius 1 is 1.32 bits per heavy atom. The third kappa shape index (κ3) is 3.19. The Morgan fingerprint density at radius 2 is 2.00 bits per heavy atom. The summed E-state index contributed by atoms with van der Waals surface area (Å²) < 4.78 is 0. The van der Waals surface area contributed by atoms with Gasteiger partial charge in [0.2, 0.25) is 5.82 Å². The van der Waals surface area contributed by atoms with Crippen molar-refractivity contribution in [1.82, 2.24) is 20.1 Å². The van der Waals surface area contributed by atoms with Crippen LogP contribution in [0.15, 0.2) is 30.3 Å². The summed E-state index contributed by atoms with van der Waals surface area (Å²) in [7, 11) is 0. The molecule has 0 saturated heterocycles. The minimum Gasteiger partial charge on any atom is -0.329 e. The molecule has 1 aromatic carbocycles. The van der Waals surface area contributed by atoms with Gasteiger partial charge in [0.15, 0.2) is 0 Å². The molecular formula is C14H18N4O. The maximum absolute atomic E-state index is 12.4. The van der Waals surface area contributed by atoms with Crippen LogP contribution < -0.4 is 0 Å². The highest BCUT2D eigenvalue weighted by Gasteiger charge is 2.22. The Kier molecular flexibility index (Phi) is 3.94. The zero-order valence-corrected chi connectivity index (χ0v) is 11.4. The van der Waals surface area contributed by atoms with E-state index >= 15 is 0 Å². The van der Waals surface area contributed by atoms with Crippen molar-refractivity contribution >= 4 is 5.91 Å². The van der Waals surface area contributed by atoms with Gasteiger partial charge in [0, 0.05) is 12.6 Å². The van der Waals surface area contributed by atoms with Gasteiger partial charge in [0.25, 0.3) is 5.91 Å². The molecule has 5 heteroatoms. The number of nitrogens with one attached hydrogen (secondary N) is 1. The number of aromatic nitrogens is 3. The number of aryl methyl sites for hydroxylation is 1. The normalized spacial score (nSPS) is 10.7. The summed E-state index contributed by atoms with van der Waals surface area (Å²) in [6.07, 6.45) is 0. The molecular weight excluding hydrogens is 240 g/mol. The van der Waals surface area contributed by atoms with Crippen molar-refractivity contribution in [3.63, 3.8) is 0 Å². The van der Waals surface area contributed by atoms with E-state index in [9.17, 15) is 4.79 Å². The predicted molar refractivity (Wildman–Crippen MR) is 72.6 cm³/mol. The van der Waals surface area contributed by atoms with Gasteiger partial charge in [-0.3, -0.25) is 9.89 Å². The van der Waals surface area contributed by atoms with Crippen LogP contribution >= 0.6 is 0 Å². The lowest BCUT2D eigenvalue weighted by atomic mass is 10.2. The number of H-pyrrole nitrogens is 1. The number of carbonyl (C=O) groups excluding carboxylic acids is 1. The van der Waals surface area contributed by atoms with Gasteiger partial charge in [0.1, 0.15) is 5.82 Å². The van der Waals surface area contributed by atoms with Crippen LogP contribution in [0.25, 0.3) is 0 Å². The fraction of sp³-hybridized carbons (Fsp3) is 0.357. The highest BCUT2D eigenvalue weighted by Crippen LogP contribution is 2.11. The van der Waals surface area contributed by atoms with Crippen molar-refractivity contribution < 1.29 is 4.79 Å². The predicted octanol–water partition coefficient (Wildman–Crippen LogP) is 2.16. The maximum Gasteiger partial charge on any atom is 0.294 e. The van der Waals surface area contributed by atoms with Crippen LogP contribution in [-0.4, -0.2) is 32.0 Å². The number of hydrogen-bond acceptors (Lipinski definition) is 3. The van der Waals surface area contributed by atoms with Gasteiger partial charge < -0.3 is 4.90 Å². The molecule has 0 saturated carbocycles. The second-order valence-electron chi connectivity index (χ2n) is 4.76. The molecule has 0 aliphatic carbocycles. The van der Waals surface area contributed by atoms with Crippen molar-refractivity contribution in [2.75, 3.05) is 0 Å². The van der Waals surface area contributed by atoms with Gasteiger partial charge in [-0.15, -0.1) is 5.10 Å². The highest BCUT2D eigenvalue weighted by molar-refractivity contribution is 5.90. The van der Waals surface area contributed by atoms with Crippen molar-refractivity contribution in [3.8, 4) is 0 Å². The standard InChI is InChI=1S/C14H18N4O/c1-10(2)18(9-12-7-5-4-6-8-12)14(19)13-15-11(3)16-17-13/h4-8,10H,9H2,1-3H3,(H,15,16,17). The first kappa shape index (κ1) is 13.3. The lowest BCUT2D eigenvalue weighted by Crippen LogP contribution is -2.37. The summed E-state index contributed by atoms with van der Waals surface area (Å²) in [5, 5.41) is 6.63. The van der Waals surface area contributed by atoms with E-state index in [2.05, 4.69) is 15.2 Å². The minimum absolute atomic E-state index is 0.0894. The summed E-state index contributed by atoms with van der Waals surface area (Å²) in [6.45, 7) is 6.31. The van der Waals surface area contributed by atoms with E-state index in [0.717, 1.165) is 5.56 Å². The molecule has 1 aromatic heterocycles. The van der Waals surface area contributed by atoms with E-state index < -0.39 is 0 Å². The van der Waals surface area contributed by atoms with E-state index in [0.29, 0.717) is 12.4 Å². The largest absolute Gasteiger partial charge is 0.329 e. The number of amides is 1. The van der Waals surface area contributed by atoms with Crippen molar-refractivity contribution in [2.45, 2.75) is 33.4 Å². The summed E-state index contributed by atoms with van der Waals surface area (Å²) >= 11 is 0. The molecule has 0 unspecified atom stereocenters. The van der Waals surface area contributed by atoms with Crippen LogP contribution in [0.3, 0.4) is 0 Å². The lowest BCUT2D eigenvalue weighted by molar-refractivity contribution is 0.0678. The van der Waals surface area contributed by atoms with E-state index in [4.69, 9.17) is 0 Å². The summed E-state index contributed by atoms with van der Waals surface area (Å²) in [4.78, 5) is 18.2. The molecule has 0 fully saturated rings. The number of carbonyl (C=O) groups is 1.